The smallest absolute Gasteiger partial charge is 0.293 e. The van der Waals surface area contributed by atoms with Crippen molar-refractivity contribution < 1.29 is 22.8 Å². The first-order valence-corrected chi connectivity index (χ1v) is 9.99. The van der Waals surface area contributed by atoms with Crippen LogP contribution < -0.4 is 0 Å². The van der Waals surface area contributed by atoms with Crippen LogP contribution in [0.25, 0.3) is 0 Å². The Morgan fingerprint density at radius 2 is 1.86 bits per heavy atom. The van der Waals surface area contributed by atoms with Gasteiger partial charge in [-0.2, -0.15) is 18.4 Å². The summed E-state index contributed by atoms with van der Waals surface area (Å²) in [4.78, 5) is 28.4. The van der Waals surface area contributed by atoms with Gasteiger partial charge in [-0.15, -0.1) is 11.3 Å². The Morgan fingerprint density at radius 3 is 2.45 bits per heavy atom. The normalized spacial score (nSPS) is 11.1. The molecule has 0 fully saturated rings. The van der Waals surface area contributed by atoms with Crippen LogP contribution in [0.5, 0.6) is 0 Å². The van der Waals surface area contributed by atoms with Gasteiger partial charge in [0.2, 0.25) is 5.78 Å². The summed E-state index contributed by atoms with van der Waals surface area (Å²) in [5.74, 6) is -1.36. The number of rotatable bonds is 6. The second kappa shape index (κ2) is 8.59. The topological polar surface area (TPSA) is 70.8 Å². The SMILES string of the molecule is N#Cc1cc(C(=O)c2cccs2)c(C(F)(F)F)nc1SCC(=O)c1ccccc1. The second-order valence-corrected chi connectivity index (χ2v) is 7.64. The van der Waals surface area contributed by atoms with E-state index in [0.29, 0.717) is 5.56 Å². The zero-order valence-electron chi connectivity index (χ0n) is 14.6. The lowest BCUT2D eigenvalue weighted by Gasteiger charge is -2.13. The highest BCUT2D eigenvalue weighted by molar-refractivity contribution is 8.00. The first kappa shape index (κ1) is 20.8. The molecular weight excluding hydrogens is 421 g/mol. The van der Waals surface area contributed by atoms with Crippen molar-refractivity contribution in [1.29, 1.82) is 5.26 Å². The summed E-state index contributed by atoms with van der Waals surface area (Å²) >= 11 is 1.73. The predicted octanol–water partition coefficient (Wildman–Crippen LogP) is 5.24. The van der Waals surface area contributed by atoms with E-state index in [1.165, 1.54) is 6.07 Å². The summed E-state index contributed by atoms with van der Waals surface area (Å²) < 4.78 is 40.7. The molecule has 0 radical (unpaired) electrons. The Balaban J connectivity index is 1.97. The third kappa shape index (κ3) is 4.72. The van der Waals surface area contributed by atoms with Crippen LogP contribution in [0.1, 0.15) is 36.9 Å². The molecule has 3 aromatic rings. The number of thiophene rings is 1. The molecule has 4 nitrogen and oxygen atoms in total. The molecule has 0 atom stereocenters. The minimum atomic E-state index is -4.89. The van der Waals surface area contributed by atoms with Crippen LogP contribution in [0, 0.1) is 11.3 Å². The van der Waals surface area contributed by atoms with Gasteiger partial charge in [0.05, 0.1) is 21.8 Å². The largest absolute Gasteiger partial charge is 0.434 e. The average Bonchev–Trinajstić information content (AvgIpc) is 3.25. The zero-order chi connectivity index (χ0) is 21.0. The van der Waals surface area contributed by atoms with Gasteiger partial charge in [-0.25, -0.2) is 4.98 Å². The molecular formula is C20H11F3N2O2S2. The van der Waals surface area contributed by atoms with Crippen LogP contribution in [-0.4, -0.2) is 22.3 Å². The van der Waals surface area contributed by atoms with Gasteiger partial charge in [0, 0.05) is 5.56 Å². The summed E-state index contributed by atoms with van der Waals surface area (Å²) in [6, 6.07) is 13.9. The number of alkyl halides is 3. The number of Topliss-reactive ketones (excluding diaryl/α,β-unsaturated/α-hetero) is 1. The molecule has 29 heavy (non-hydrogen) atoms. The quantitative estimate of drug-likeness (QED) is 0.394. The molecule has 0 bridgehead atoms. The minimum absolute atomic E-state index is 0.112. The van der Waals surface area contributed by atoms with E-state index in [9.17, 15) is 28.0 Å². The monoisotopic (exact) mass is 432 g/mol. The summed E-state index contributed by atoms with van der Waals surface area (Å²) in [6.07, 6.45) is -4.89. The van der Waals surface area contributed by atoms with Crippen molar-refractivity contribution in [3.8, 4) is 6.07 Å². The third-order valence-electron chi connectivity index (χ3n) is 3.80. The van der Waals surface area contributed by atoms with Crippen LogP contribution in [-0.2, 0) is 6.18 Å². The number of ketones is 2. The molecule has 0 spiro atoms. The number of halogens is 3. The van der Waals surface area contributed by atoms with Crippen LogP contribution >= 0.6 is 23.1 Å². The van der Waals surface area contributed by atoms with Crippen LogP contribution in [0.2, 0.25) is 0 Å². The van der Waals surface area contributed by atoms with E-state index in [-0.39, 0.29) is 27.0 Å². The first-order chi connectivity index (χ1) is 13.8. The van der Waals surface area contributed by atoms with Gasteiger partial charge in [-0.05, 0) is 17.5 Å². The number of carbonyl (C=O) groups excluding carboxylic acids is 2. The van der Waals surface area contributed by atoms with Crippen molar-refractivity contribution in [2.24, 2.45) is 0 Å². The van der Waals surface area contributed by atoms with Crippen molar-refractivity contribution in [1.82, 2.24) is 4.98 Å². The number of hydrogen-bond donors (Lipinski definition) is 0. The molecule has 0 aliphatic rings. The average molecular weight is 432 g/mol. The molecule has 0 unspecified atom stereocenters. The first-order valence-electron chi connectivity index (χ1n) is 8.13. The second-order valence-electron chi connectivity index (χ2n) is 5.73. The number of carbonyl (C=O) groups is 2. The molecule has 0 amide bonds. The summed E-state index contributed by atoms with van der Waals surface area (Å²) in [6.45, 7) is 0. The van der Waals surface area contributed by atoms with Crippen LogP contribution in [0.3, 0.4) is 0 Å². The maximum absolute atomic E-state index is 13.6. The van der Waals surface area contributed by atoms with Crippen LogP contribution in [0.15, 0.2) is 58.9 Å². The van der Waals surface area contributed by atoms with Gasteiger partial charge in [0.25, 0.3) is 0 Å². The highest BCUT2D eigenvalue weighted by atomic mass is 32.2. The molecule has 0 aliphatic carbocycles. The van der Waals surface area contributed by atoms with E-state index in [1.54, 1.807) is 47.8 Å². The maximum Gasteiger partial charge on any atom is 0.434 e. The molecule has 9 heteroatoms. The lowest BCUT2D eigenvalue weighted by atomic mass is 10.1. The maximum atomic E-state index is 13.6. The fraction of sp³-hybridized carbons (Fsp3) is 0.100. The van der Waals surface area contributed by atoms with Gasteiger partial charge in [-0.1, -0.05) is 48.2 Å². The predicted molar refractivity (Wildman–Crippen MR) is 103 cm³/mol. The highest BCUT2D eigenvalue weighted by Crippen LogP contribution is 2.35. The molecule has 0 N–H and O–H groups in total. The number of nitriles is 1. The third-order valence-corrected chi connectivity index (χ3v) is 5.66. The standard InChI is InChI=1S/C20H11F3N2O2S2/c21-20(22,23)18-14(17(27)16-7-4-8-28-16)9-13(10-24)19(25-18)29-11-15(26)12-5-2-1-3-6-12/h1-9H,11H2. The molecule has 0 saturated heterocycles. The van der Waals surface area contributed by atoms with Gasteiger partial charge in [0.15, 0.2) is 11.5 Å². The van der Waals surface area contributed by atoms with Crippen molar-refractivity contribution >= 4 is 34.7 Å². The Bertz CT molecular complexity index is 1090. The summed E-state index contributed by atoms with van der Waals surface area (Å²) in [7, 11) is 0. The van der Waals surface area contributed by atoms with Gasteiger partial charge < -0.3 is 0 Å². The van der Waals surface area contributed by atoms with Crippen molar-refractivity contribution in [3.63, 3.8) is 0 Å². The highest BCUT2D eigenvalue weighted by Gasteiger charge is 2.38. The lowest BCUT2D eigenvalue weighted by Crippen LogP contribution is -2.17. The van der Waals surface area contributed by atoms with E-state index in [0.717, 1.165) is 29.2 Å². The summed E-state index contributed by atoms with van der Waals surface area (Å²) in [5.41, 5.74) is -1.84. The van der Waals surface area contributed by atoms with E-state index >= 15 is 0 Å². The van der Waals surface area contributed by atoms with Gasteiger partial charge in [-0.3, -0.25) is 9.59 Å². The Kier molecular flexibility index (Phi) is 6.15. The molecule has 0 aliphatic heterocycles. The number of nitrogens with zero attached hydrogens (tertiary/aromatic N) is 2. The van der Waals surface area contributed by atoms with Gasteiger partial charge >= 0.3 is 6.18 Å². The number of pyridine rings is 1. The molecule has 2 heterocycles. The van der Waals surface area contributed by atoms with E-state index < -0.39 is 23.2 Å². The van der Waals surface area contributed by atoms with Crippen LogP contribution in [0.4, 0.5) is 13.2 Å². The van der Waals surface area contributed by atoms with E-state index in [1.807, 2.05) is 0 Å². The number of thioether (sulfide) groups is 1. The van der Waals surface area contributed by atoms with Gasteiger partial charge in [0.1, 0.15) is 11.1 Å². The molecule has 1 aromatic carbocycles. The molecule has 2 aromatic heterocycles. The Labute approximate surface area is 172 Å². The molecule has 146 valence electrons. The molecule has 0 saturated carbocycles. The van der Waals surface area contributed by atoms with Crippen molar-refractivity contribution in [2.45, 2.75) is 11.2 Å². The van der Waals surface area contributed by atoms with E-state index in [4.69, 9.17) is 0 Å². The number of aromatic nitrogens is 1. The zero-order valence-corrected chi connectivity index (χ0v) is 16.2. The Morgan fingerprint density at radius 1 is 1.14 bits per heavy atom. The van der Waals surface area contributed by atoms with Crippen molar-refractivity contribution in [2.75, 3.05) is 5.75 Å². The Hall–Kier alpha value is -2.96. The van der Waals surface area contributed by atoms with Crippen molar-refractivity contribution in [3.05, 3.63) is 81.2 Å². The fourth-order valence-corrected chi connectivity index (χ4v) is 3.99. The minimum Gasteiger partial charge on any atom is -0.293 e. The fourth-order valence-electron chi connectivity index (χ4n) is 2.46. The molecule has 3 rings (SSSR count). The summed E-state index contributed by atoms with van der Waals surface area (Å²) in [5, 5.41) is 10.7. The lowest BCUT2D eigenvalue weighted by molar-refractivity contribution is -0.141. The number of hydrogen-bond acceptors (Lipinski definition) is 6. The van der Waals surface area contributed by atoms with E-state index in [2.05, 4.69) is 4.98 Å². The number of benzene rings is 1.